The predicted molar refractivity (Wildman–Crippen MR) is 103 cm³/mol. The van der Waals surface area contributed by atoms with Crippen molar-refractivity contribution in [3.05, 3.63) is 35.9 Å². The fraction of sp³-hybridized carbons (Fsp3) is 0.588. The average Bonchev–Trinajstić information content (AvgIpc) is 3.25. The second kappa shape index (κ2) is 9.35. The third kappa shape index (κ3) is 6.12. The number of hydrogen-bond donors (Lipinski definition) is 2. The van der Waals surface area contributed by atoms with Crippen molar-refractivity contribution in [2.24, 2.45) is 10.4 Å². The SMILES string of the molecule is CN=C(NCC1(Cc2ccccc2)CC1)NC(C)COC.I. The van der Waals surface area contributed by atoms with Crippen LogP contribution >= 0.6 is 24.0 Å². The Kier molecular flexibility index (Phi) is 8.17. The normalized spacial score (nSPS) is 17.3. The van der Waals surface area contributed by atoms with Gasteiger partial charge < -0.3 is 15.4 Å². The molecule has 4 nitrogen and oxygen atoms in total. The zero-order valence-electron chi connectivity index (χ0n) is 13.8. The van der Waals surface area contributed by atoms with Gasteiger partial charge in [0, 0.05) is 26.7 Å². The molecule has 22 heavy (non-hydrogen) atoms. The summed E-state index contributed by atoms with van der Waals surface area (Å²) in [5, 5.41) is 6.81. The van der Waals surface area contributed by atoms with Gasteiger partial charge in [0.2, 0.25) is 0 Å². The van der Waals surface area contributed by atoms with Crippen LogP contribution in [-0.2, 0) is 11.2 Å². The van der Waals surface area contributed by atoms with Gasteiger partial charge in [0.15, 0.2) is 5.96 Å². The Bertz CT molecular complexity index is 460. The van der Waals surface area contributed by atoms with Crippen LogP contribution in [0.2, 0.25) is 0 Å². The zero-order valence-corrected chi connectivity index (χ0v) is 16.1. The summed E-state index contributed by atoms with van der Waals surface area (Å²) >= 11 is 0. The van der Waals surface area contributed by atoms with E-state index in [1.165, 1.54) is 18.4 Å². The van der Waals surface area contributed by atoms with E-state index in [4.69, 9.17) is 4.74 Å². The summed E-state index contributed by atoms with van der Waals surface area (Å²) < 4.78 is 5.14. The standard InChI is InChI=1S/C17H27N3O.HI/c1-14(12-21-3)20-16(18-2)19-13-17(9-10-17)11-15-7-5-4-6-8-15;/h4-8,14H,9-13H2,1-3H3,(H2,18,19,20);1H. The summed E-state index contributed by atoms with van der Waals surface area (Å²) in [6.07, 6.45) is 3.73. The van der Waals surface area contributed by atoms with Crippen LogP contribution in [0.3, 0.4) is 0 Å². The number of nitrogens with zero attached hydrogens (tertiary/aromatic N) is 1. The maximum atomic E-state index is 5.14. The second-order valence-electron chi connectivity index (χ2n) is 6.09. The fourth-order valence-electron chi connectivity index (χ4n) is 2.61. The molecule has 1 aromatic carbocycles. The number of methoxy groups -OCH3 is 1. The summed E-state index contributed by atoms with van der Waals surface area (Å²) in [6.45, 7) is 3.74. The maximum Gasteiger partial charge on any atom is 0.191 e. The third-order valence-corrected chi connectivity index (χ3v) is 4.03. The molecule has 1 unspecified atom stereocenters. The highest BCUT2D eigenvalue weighted by atomic mass is 127. The van der Waals surface area contributed by atoms with E-state index in [0.717, 1.165) is 18.9 Å². The van der Waals surface area contributed by atoms with Crippen molar-refractivity contribution in [1.29, 1.82) is 0 Å². The smallest absolute Gasteiger partial charge is 0.191 e. The minimum absolute atomic E-state index is 0. The molecule has 0 spiro atoms. The molecule has 2 N–H and O–H groups in total. The fourth-order valence-corrected chi connectivity index (χ4v) is 2.61. The number of rotatable bonds is 7. The van der Waals surface area contributed by atoms with Crippen LogP contribution in [0.1, 0.15) is 25.3 Å². The Morgan fingerprint density at radius 2 is 2.00 bits per heavy atom. The van der Waals surface area contributed by atoms with Gasteiger partial charge in [-0.25, -0.2) is 0 Å². The predicted octanol–water partition coefficient (Wildman–Crippen LogP) is 2.83. The van der Waals surface area contributed by atoms with E-state index in [2.05, 4.69) is 52.9 Å². The zero-order chi connectivity index (χ0) is 15.1. The topological polar surface area (TPSA) is 45.7 Å². The minimum atomic E-state index is 0. The van der Waals surface area contributed by atoms with E-state index in [0.29, 0.717) is 12.0 Å². The van der Waals surface area contributed by atoms with Crippen molar-refractivity contribution in [3.63, 3.8) is 0 Å². The lowest BCUT2D eigenvalue weighted by atomic mass is 9.96. The average molecular weight is 417 g/mol. The van der Waals surface area contributed by atoms with Gasteiger partial charge in [0.1, 0.15) is 0 Å². The molecule has 0 heterocycles. The first-order valence-corrected chi connectivity index (χ1v) is 7.67. The molecule has 0 amide bonds. The minimum Gasteiger partial charge on any atom is -0.383 e. The van der Waals surface area contributed by atoms with E-state index >= 15 is 0 Å². The van der Waals surface area contributed by atoms with Crippen molar-refractivity contribution < 1.29 is 4.74 Å². The van der Waals surface area contributed by atoms with Crippen LogP contribution < -0.4 is 10.6 Å². The van der Waals surface area contributed by atoms with Crippen molar-refractivity contribution >= 4 is 29.9 Å². The van der Waals surface area contributed by atoms with Crippen LogP contribution in [0, 0.1) is 5.41 Å². The Morgan fingerprint density at radius 3 is 2.55 bits per heavy atom. The molecule has 1 atom stereocenters. The molecule has 0 bridgehead atoms. The molecule has 0 aromatic heterocycles. The lowest BCUT2D eigenvalue weighted by molar-refractivity contribution is 0.179. The van der Waals surface area contributed by atoms with Crippen LogP contribution in [0.25, 0.3) is 0 Å². The molecule has 2 rings (SSSR count). The van der Waals surface area contributed by atoms with Gasteiger partial charge in [-0.05, 0) is 37.2 Å². The van der Waals surface area contributed by atoms with Gasteiger partial charge in [-0.3, -0.25) is 4.99 Å². The van der Waals surface area contributed by atoms with Crippen molar-refractivity contribution in [2.45, 2.75) is 32.2 Å². The molecule has 1 aliphatic carbocycles. The van der Waals surface area contributed by atoms with Crippen molar-refractivity contribution in [1.82, 2.24) is 10.6 Å². The van der Waals surface area contributed by atoms with Gasteiger partial charge >= 0.3 is 0 Å². The van der Waals surface area contributed by atoms with Gasteiger partial charge in [0.05, 0.1) is 6.61 Å². The number of benzene rings is 1. The molecular formula is C17H28IN3O. The third-order valence-electron chi connectivity index (χ3n) is 4.03. The van der Waals surface area contributed by atoms with E-state index in [1.54, 1.807) is 7.11 Å². The van der Waals surface area contributed by atoms with Gasteiger partial charge in [-0.15, -0.1) is 24.0 Å². The van der Waals surface area contributed by atoms with Crippen LogP contribution in [0.4, 0.5) is 0 Å². The van der Waals surface area contributed by atoms with Gasteiger partial charge in [-0.2, -0.15) is 0 Å². The summed E-state index contributed by atoms with van der Waals surface area (Å²) in [4.78, 5) is 4.29. The number of hydrogen-bond acceptors (Lipinski definition) is 2. The highest BCUT2D eigenvalue weighted by molar-refractivity contribution is 14.0. The van der Waals surface area contributed by atoms with Crippen molar-refractivity contribution in [2.75, 3.05) is 27.3 Å². The lowest BCUT2D eigenvalue weighted by Gasteiger charge is -2.21. The van der Waals surface area contributed by atoms with Crippen molar-refractivity contribution in [3.8, 4) is 0 Å². The molecule has 1 saturated carbocycles. The van der Waals surface area contributed by atoms with Crippen LogP contribution in [0.5, 0.6) is 0 Å². The molecule has 0 aliphatic heterocycles. The quantitative estimate of drug-likeness (QED) is 0.408. The largest absolute Gasteiger partial charge is 0.383 e. The van der Waals surface area contributed by atoms with E-state index in [1.807, 2.05) is 7.05 Å². The van der Waals surface area contributed by atoms with Crippen LogP contribution in [0.15, 0.2) is 35.3 Å². The van der Waals surface area contributed by atoms with Gasteiger partial charge in [0.25, 0.3) is 0 Å². The summed E-state index contributed by atoms with van der Waals surface area (Å²) in [5.74, 6) is 0.860. The lowest BCUT2D eigenvalue weighted by Crippen LogP contribution is -2.45. The first-order chi connectivity index (χ1) is 10.2. The van der Waals surface area contributed by atoms with Gasteiger partial charge in [-0.1, -0.05) is 30.3 Å². The molecule has 5 heteroatoms. The highest BCUT2D eigenvalue weighted by Crippen LogP contribution is 2.47. The molecule has 124 valence electrons. The number of nitrogens with one attached hydrogen (secondary N) is 2. The molecular weight excluding hydrogens is 389 g/mol. The first kappa shape index (κ1) is 19.2. The molecule has 1 fully saturated rings. The van der Waals surface area contributed by atoms with E-state index in [-0.39, 0.29) is 30.0 Å². The monoisotopic (exact) mass is 417 g/mol. The van der Waals surface area contributed by atoms with E-state index in [9.17, 15) is 0 Å². The number of ether oxygens (including phenoxy) is 1. The Hall–Kier alpha value is -0.820. The Labute approximate surface area is 151 Å². The summed E-state index contributed by atoms with van der Waals surface area (Å²) in [6, 6.07) is 11.0. The number of guanidine groups is 1. The second-order valence-corrected chi connectivity index (χ2v) is 6.09. The summed E-state index contributed by atoms with van der Waals surface area (Å²) in [7, 11) is 3.53. The first-order valence-electron chi connectivity index (χ1n) is 7.67. The highest BCUT2D eigenvalue weighted by Gasteiger charge is 2.42. The van der Waals surface area contributed by atoms with Crippen LogP contribution in [-0.4, -0.2) is 39.3 Å². The Balaban J connectivity index is 0.00000242. The van der Waals surface area contributed by atoms with E-state index < -0.39 is 0 Å². The maximum absolute atomic E-state index is 5.14. The number of halogens is 1. The molecule has 0 saturated heterocycles. The molecule has 1 aliphatic rings. The summed E-state index contributed by atoms with van der Waals surface area (Å²) in [5.41, 5.74) is 1.83. The number of aliphatic imine (C=N–C) groups is 1. The molecule has 0 radical (unpaired) electrons. The molecule has 1 aromatic rings. The Morgan fingerprint density at radius 1 is 1.32 bits per heavy atom.